The zero-order chi connectivity index (χ0) is 46.1. The summed E-state index contributed by atoms with van der Waals surface area (Å²) in [5, 5.41) is 0. The lowest BCUT2D eigenvalue weighted by molar-refractivity contribution is 0.0447. The molecule has 0 saturated heterocycles. The molecule has 0 aliphatic carbocycles. The Labute approximate surface area is 311 Å². The number of hydrogen-bond acceptors (Lipinski definition) is 0. The highest BCUT2D eigenvalue weighted by Gasteiger charge is 2.52. The first-order valence-electron chi connectivity index (χ1n) is 14.5. The molecule has 0 aliphatic rings. The van der Waals surface area contributed by atoms with E-state index < -0.39 is 192 Å². The summed E-state index contributed by atoms with van der Waals surface area (Å²) < 4.78 is 398. The van der Waals surface area contributed by atoms with Crippen LogP contribution in [0.5, 0.6) is 0 Å². The SMILES string of the molecule is FC(F)=C(F)c1c(F)cc([B-](c2c(F)c(F)c(C(F)=C(F)F)c(F)c2F)(c2c(F)c(F)c(C(F)=C(F)F)c(F)c2F)c2c(F)c(F)c(C(F)C(F)F)c(F)c2F)c(F)c1F. The standard InChI is InChI=1S/C32H3BF27/c34-3-1-2(11(35)12(36)4(3)19(43)29(53)54)33(8-23(47)13(37)5(14(38)24(8)48)20(44)30(55)56,9-25(49)15(39)6(16(40)26(9)50)21(45)31(57)58)10-27(51)17(41)7(18(42)28(10)52)22(46)32(59)60/h1,20,30H/q-1. The van der Waals surface area contributed by atoms with Crippen LogP contribution in [0.15, 0.2) is 24.3 Å². The minimum Gasteiger partial charge on any atom is -0.236 e. The fourth-order valence-electron chi connectivity index (χ4n) is 6.17. The first kappa shape index (κ1) is 47.0. The molecular weight excluding hydrogens is 908 g/mol. The van der Waals surface area contributed by atoms with Crippen LogP contribution in [0.2, 0.25) is 0 Å². The predicted octanol–water partition coefficient (Wildman–Crippen LogP) is 11.0. The topological polar surface area (TPSA) is 0 Å². The Morgan fingerprint density at radius 3 is 0.900 bits per heavy atom. The average Bonchev–Trinajstić information content (AvgIpc) is 3.16. The summed E-state index contributed by atoms with van der Waals surface area (Å²) in [6.07, 6.45) is -29.0. The molecule has 0 radical (unpaired) electrons. The van der Waals surface area contributed by atoms with Crippen molar-refractivity contribution in [2.24, 2.45) is 0 Å². The highest BCUT2D eigenvalue weighted by Crippen LogP contribution is 2.38. The van der Waals surface area contributed by atoms with E-state index in [0.717, 1.165) is 0 Å². The number of hydrogen-bond donors (Lipinski definition) is 0. The molecule has 0 saturated carbocycles. The summed E-state index contributed by atoms with van der Waals surface area (Å²) in [6.45, 7) is 0. The minimum atomic E-state index is -7.60. The normalized spacial score (nSPS) is 12.3. The Bertz CT molecular complexity index is 2400. The van der Waals surface area contributed by atoms with Crippen molar-refractivity contribution in [3.05, 3.63) is 134 Å². The van der Waals surface area contributed by atoms with Gasteiger partial charge in [0.1, 0.15) is 52.7 Å². The van der Waals surface area contributed by atoms with E-state index in [2.05, 4.69) is 0 Å². The molecule has 1 unspecified atom stereocenters. The highest BCUT2D eigenvalue weighted by atomic mass is 19.3. The number of benzene rings is 4. The third kappa shape index (κ3) is 6.79. The zero-order valence-corrected chi connectivity index (χ0v) is 27.0. The molecule has 0 nitrogen and oxygen atoms in total. The van der Waals surface area contributed by atoms with E-state index in [1.807, 2.05) is 0 Å². The van der Waals surface area contributed by atoms with Gasteiger partial charge in [-0.3, -0.25) is 0 Å². The molecule has 4 rings (SSSR count). The number of halogens is 27. The van der Waals surface area contributed by atoms with E-state index in [-0.39, 0.29) is 0 Å². The van der Waals surface area contributed by atoms with Crippen molar-refractivity contribution in [3.8, 4) is 0 Å². The third-order valence-electron chi connectivity index (χ3n) is 8.53. The largest absolute Gasteiger partial charge is 0.306 e. The van der Waals surface area contributed by atoms with Crippen molar-refractivity contribution in [1.82, 2.24) is 0 Å². The first-order valence-corrected chi connectivity index (χ1v) is 14.5. The molecule has 60 heavy (non-hydrogen) atoms. The summed E-state index contributed by atoms with van der Waals surface area (Å²) in [4.78, 5) is 0. The van der Waals surface area contributed by atoms with Gasteiger partial charge >= 0.3 is 18.2 Å². The van der Waals surface area contributed by atoms with Crippen LogP contribution in [0.25, 0.3) is 17.5 Å². The summed E-state index contributed by atoms with van der Waals surface area (Å²) in [5.74, 6) is -69.6. The van der Waals surface area contributed by atoms with Gasteiger partial charge in [0, 0.05) is 0 Å². The Balaban J connectivity index is 2.71. The molecule has 28 heteroatoms. The van der Waals surface area contributed by atoms with Gasteiger partial charge in [0.2, 0.25) is 17.5 Å². The maximum absolute atomic E-state index is 16.2. The van der Waals surface area contributed by atoms with Crippen LogP contribution in [0.1, 0.15) is 28.4 Å². The van der Waals surface area contributed by atoms with Gasteiger partial charge in [0.25, 0.3) is 6.43 Å². The van der Waals surface area contributed by atoms with E-state index >= 15 is 65.9 Å². The molecule has 0 heterocycles. The fourth-order valence-corrected chi connectivity index (χ4v) is 6.17. The lowest BCUT2D eigenvalue weighted by Gasteiger charge is -2.45. The summed E-state index contributed by atoms with van der Waals surface area (Å²) in [5.41, 5.74) is -28.4. The summed E-state index contributed by atoms with van der Waals surface area (Å²) >= 11 is 0. The molecule has 324 valence electrons. The van der Waals surface area contributed by atoms with Crippen LogP contribution in [-0.2, 0) is 0 Å². The third-order valence-corrected chi connectivity index (χ3v) is 8.53. The van der Waals surface area contributed by atoms with E-state index in [1.54, 1.807) is 0 Å². The van der Waals surface area contributed by atoms with Crippen molar-refractivity contribution in [1.29, 1.82) is 0 Å². The maximum atomic E-state index is 16.2. The average molecular weight is 911 g/mol. The van der Waals surface area contributed by atoms with Crippen LogP contribution >= 0.6 is 0 Å². The van der Waals surface area contributed by atoms with Gasteiger partial charge in [0.15, 0.2) is 46.9 Å². The second-order valence-electron chi connectivity index (χ2n) is 11.4. The van der Waals surface area contributed by atoms with Crippen LogP contribution in [0.4, 0.5) is 119 Å². The van der Waals surface area contributed by atoms with Crippen LogP contribution < -0.4 is 21.9 Å². The molecule has 0 fully saturated rings. The van der Waals surface area contributed by atoms with Crippen LogP contribution in [0.3, 0.4) is 0 Å². The quantitative estimate of drug-likeness (QED) is 0.0892. The molecule has 0 aromatic heterocycles. The first-order chi connectivity index (χ1) is 27.6. The monoisotopic (exact) mass is 911 g/mol. The van der Waals surface area contributed by atoms with Gasteiger partial charge in [-0.1, -0.05) is 6.07 Å². The van der Waals surface area contributed by atoms with Gasteiger partial charge in [-0.05, 0) is 0 Å². The molecule has 0 bridgehead atoms. The molecule has 1 atom stereocenters. The lowest BCUT2D eigenvalue weighted by atomic mass is 9.12. The number of rotatable bonds is 9. The minimum absolute atomic E-state index is 1.51. The summed E-state index contributed by atoms with van der Waals surface area (Å²) in [6, 6.07) is -1.51. The fraction of sp³-hybridized carbons (Fsp3) is 0.0625. The molecule has 4 aromatic rings. The second kappa shape index (κ2) is 16.4. The molecule has 0 aliphatic heterocycles. The van der Waals surface area contributed by atoms with Crippen molar-refractivity contribution in [2.75, 3.05) is 0 Å². The van der Waals surface area contributed by atoms with Gasteiger partial charge in [0.05, 0.1) is 22.3 Å². The predicted molar refractivity (Wildman–Crippen MR) is 150 cm³/mol. The maximum Gasteiger partial charge on any atom is 0.306 e. The highest BCUT2D eigenvalue weighted by molar-refractivity contribution is 7.20. The Hall–Kier alpha value is -5.73. The van der Waals surface area contributed by atoms with Gasteiger partial charge in [-0.15, -0.1) is 16.4 Å². The second-order valence-corrected chi connectivity index (χ2v) is 11.4. The molecule has 0 spiro atoms. The van der Waals surface area contributed by atoms with E-state index in [9.17, 15) is 52.7 Å². The molecule has 4 aromatic carbocycles. The van der Waals surface area contributed by atoms with Crippen LogP contribution in [-0.4, -0.2) is 12.6 Å². The van der Waals surface area contributed by atoms with Crippen molar-refractivity contribution in [3.63, 3.8) is 0 Å². The smallest absolute Gasteiger partial charge is 0.236 e. The molecule has 0 N–H and O–H groups in total. The zero-order valence-electron chi connectivity index (χ0n) is 27.0. The van der Waals surface area contributed by atoms with Gasteiger partial charge < -0.3 is 0 Å². The van der Waals surface area contributed by atoms with Gasteiger partial charge in [-0.25, -0.2) is 92.2 Å². The molecule has 0 amide bonds. The van der Waals surface area contributed by atoms with E-state index in [0.29, 0.717) is 0 Å². The Kier molecular flexibility index (Phi) is 12.8. The number of alkyl halides is 3. The Morgan fingerprint density at radius 1 is 0.350 bits per heavy atom. The van der Waals surface area contributed by atoms with Crippen molar-refractivity contribution in [2.45, 2.75) is 12.6 Å². The van der Waals surface area contributed by atoms with Gasteiger partial charge in [-0.2, -0.15) is 31.8 Å². The van der Waals surface area contributed by atoms with Crippen molar-refractivity contribution < 1.29 is 119 Å². The lowest BCUT2D eigenvalue weighted by Crippen LogP contribution is -2.80. The molecular formula is C32H3BF27-. The van der Waals surface area contributed by atoms with E-state index in [1.165, 1.54) is 0 Å². The Morgan fingerprint density at radius 2 is 0.617 bits per heavy atom. The van der Waals surface area contributed by atoms with E-state index in [4.69, 9.17) is 0 Å². The van der Waals surface area contributed by atoms with Crippen LogP contribution in [0, 0.1) is 87.3 Å². The summed E-state index contributed by atoms with van der Waals surface area (Å²) in [7, 11) is 0. The van der Waals surface area contributed by atoms with Crippen molar-refractivity contribution >= 4 is 45.5 Å².